The molecule has 0 aliphatic rings. The van der Waals surface area contributed by atoms with Crippen LogP contribution < -0.4 is 8.92 Å². The number of ether oxygens (including phenoxy) is 1. The van der Waals surface area contributed by atoms with E-state index in [9.17, 15) is 8.42 Å². The zero-order valence-corrected chi connectivity index (χ0v) is 25.6. The second kappa shape index (κ2) is 23.5. The van der Waals surface area contributed by atoms with Gasteiger partial charge in [-0.3, -0.25) is 0 Å². The van der Waals surface area contributed by atoms with E-state index in [0.29, 0.717) is 25.2 Å². The molecular formula is C34H55NaO4S. The average Bonchev–Trinajstić information content (AvgIpc) is 2.93. The predicted molar refractivity (Wildman–Crippen MR) is 173 cm³/mol. The number of unbranched alkanes of at least 4 members (excludes halogenated alkanes) is 13. The number of benzene rings is 2. The molecular weight excluding hydrogens is 527 g/mol. The van der Waals surface area contributed by atoms with E-state index in [1.165, 1.54) is 101 Å². The quantitative estimate of drug-likeness (QED) is 0.0703. The van der Waals surface area contributed by atoms with Crippen LogP contribution in [0.25, 0.3) is 0 Å². The fourth-order valence-corrected chi connectivity index (χ4v) is 5.84. The van der Waals surface area contributed by atoms with Crippen molar-refractivity contribution in [2.24, 2.45) is 0 Å². The zero-order chi connectivity index (χ0) is 28.0. The molecule has 0 radical (unpaired) electrons. The average molecular weight is 583 g/mol. The molecule has 0 amide bonds. The van der Waals surface area contributed by atoms with Crippen molar-refractivity contribution in [1.82, 2.24) is 0 Å². The molecule has 4 nitrogen and oxygen atoms in total. The fraction of sp³-hybridized carbons (Fsp3) is 0.647. The summed E-state index contributed by atoms with van der Waals surface area (Å²) < 4.78 is 35.9. The molecule has 0 N–H and O–H groups in total. The van der Waals surface area contributed by atoms with Gasteiger partial charge in [-0.25, -0.2) is 0 Å². The van der Waals surface area contributed by atoms with E-state index in [1.807, 2.05) is 24.3 Å². The summed E-state index contributed by atoms with van der Waals surface area (Å²) in [6, 6.07) is 15.8. The van der Waals surface area contributed by atoms with Gasteiger partial charge < -0.3 is 8.92 Å². The van der Waals surface area contributed by atoms with Gasteiger partial charge in [0.05, 0.1) is 12.4 Å². The zero-order valence-electron chi connectivity index (χ0n) is 24.8. The molecule has 0 spiro atoms. The van der Waals surface area contributed by atoms with E-state index in [0.717, 1.165) is 18.6 Å². The topological polar surface area (TPSA) is 52.6 Å². The van der Waals surface area contributed by atoms with Gasteiger partial charge in [0.15, 0.2) is 0 Å². The Hall–Kier alpha value is -1.01. The Bertz CT molecular complexity index is 958. The van der Waals surface area contributed by atoms with Crippen LogP contribution in [0.3, 0.4) is 0 Å². The third-order valence-corrected chi connectivity index (χ3v) is 8.50. The third kappa shape index (κ3) is 18.4. The Morgan fingerprint density at radius 3 is 1.43 bits per heavy atom. The van der Waals surface area contributed by atoms with Gasteiger partial charge in [0.2, 0.25) is 0 Å². The van der Waals surface area contributed by atoms with Gasteiger partial charge in [0.25, 0.3) is 0 Å². The second-order valence-corrected chi connectivity index (χ2v) is 12.6. The normalized spacial score (nSPS) is 11.2. The van der Waals surface area contributed by atoms with Gasteiger partial charge >= 0.3 is 39.7 Å². The molecule has 2 rings (SSSR count). The molecule has 2 aromatic carbocycles. The summed E-state index contributed by atoms with van der Waals surface area (Å²) in [5.74, 6) is 1.23. The fourth-order valence-electron chi connectivity index (χ4n) is 4.80. The summed E-state index contributed by atoms with van der Waals surface area (Å²) in [7, 11) is -3.60. The van der Waals surface area contributed by atoms with Crippen molar-refractivity contribution in [3.05, 3.63) is 59.7 Å². The number of hydrogen-bond acceptors (Lipinski definition) is 4. The maximum atomic E-state index is 12.4. The first kappa shape index (κ1) is 37.0. The van der Waals surface area contributed by atoms with E-state index in [-0.39, 0.29) is 35.3 Å². The third-order valence-electron chi connectivity index (χ3n) is 7.27. The van der Waals surface area contributed by atoms with Crippen LogP contribution in [0.1, 0.15) is 128 Å². The SMILES string of the molecule is CCCCCCCCCc1ccc(OCCCCS(=O)(=O)Oc2ccc(CCCCCCCCC)cc2)cc1.[NaH]. The van der Waals surface area contributed by atoms with E-state index in [2.05, 4.69) is 26.0 Å². The Morgan fingerprint density at radius 1 is 0.525 bits per heavy atom. The minimum absolute atomic E-state index is 0. The molecule has 2 aromatic rings. The summed E-state index contributed by atoms with van der Waals surface area (Å²) in [4.78, 5) is 0. The van der Waals surface area contributed by atoms with Gasteiger partial charge in [-0.2, -0.15) is 8.42 Å². The molecule has 0 bridgehead atoms. The van der Waals surface area contributed by atoms with E-state index in [4.69, 9.17) is 8.92 Å². The van der Waals surface area contributed by atoms with Crippen LogP contribution in [-0.4, -0.2) is 50.3 Å². The molecule has 0 atom stereocenters. The summed E-state index contributed by atoms with van der Waals surface area (Å²) in [5.41, 5.74) is 2.58. The van der Waals surface area contributed by atoms with Crippen LogP contribution in [0.15, 0.2) is 48.5 Å². The Morgan fingerprint density at radius 2 is 0.950 bits per heavy atom. The molecule has 0 saturated heterocycles. The monoisotopic (exact) mass is 582 g/mol. The minimum atomic E-state index is -3.60. The molecule has 6 heteroatoms. The van der Waals surface area contributed by atoms with Gasteiger partial charge in [-0.05, 0) is 73.9 Å². The van der Waals surface area contributed by atoms with Crippen molar-refractivity contribution in [2.75, 3.05) is 12.4 Å². The van der Waals surface area contributed by atoms with Gasteiger partial charge in [0.1, 0.15) is 11.5 Å². The Balaban J connectivity index is 0.00000800. The van der Waals surface area contributed by atoms with Crippen LogP contribution in [0.2, 0.25) is 0 Å². The molecule has 0 unspecified atom stereocenters. The van der Waals surface area contributed by atoms with Crippen LogP contribution >= 0.6 is 0 Å². The molecule has 40 heavy (non-hydrogen) atoms. The first-order valence-electron chi connectivity index (χ1n) is 15.7. The Labute approximate surface area is 268 Å². The van der Waals surface area contributed by atoms with E-state index >= 15 is 0 Å². The van der Waals surface area contributed by atoms with E-state index < -0.39 is 10.1 Å². The molecule has 0 heterocycles. The molecule has 0 fully saturated rings. The first-order chi connectivity index (χ1) is 19.0. The standard InChI is InChI=1S/C34H54O4S.Na.H/c1-3-5-7-9-11-13-15-19-31-21-25-33(26-22-31)37-29-17-18-30-39(35,36)38-34-27-23-32(24-28-34)20-16-14-12-10-8-6-4-2;;/h21-28H,3-20,29-30H2,1-2H3;;. The number of aryl methyl sites for hydroxylation is 2. The summed E-state index contributed by atoms with van der Waals surface area (Å²) in [6.07, 6.45) is 21.6. The molecule has 0 aromatic heterocycles. The predicted octanol–water partition coefficient (Wildman–Crippen LogP) is 9.19. The van der Waals surface area contributed by atoms with Crippen molar-refractivity contribution >= 4 is 39.7 Å². The van der Waals surface area contributed by atoms with Crippen LogP contribution in [0, 0.1) is 0 Å². The second-order valence-electron chi connectivity index (χ2n) is 10.9. The van der Waals surface area contributed by atoms with Gasteiger partial charge in [-0.15, -0.1) is 0 Å². The van der Waals surface area contributed by atoms with Crippen molar-refractivity contribution < 1.29 is 17.3 Å². The van der Waals surface area contributed by atoms with Crippen LogP contribution in [0.4, 0.5) is 0 Å². The maximum absolute atomic E-state index is 12.4. The van der Waals surface area contributed by atoms with Crippen molar-refractivity contribution in [2.45, 2.75) is 129 Å². The van der Waals surface area contributed by atoms with Crippen LogP contribution in [-0.2, 0) is 23.0 Å². The molecule has 0 aliphatic heterocycles. The first-order valence-corrected chi connectivity index (χ1v) is 17.3. The number of hydrogen-bond donors (Lipinski definition) is 0. The molecule has 222 valence electrons. The summed E-state index contributed by atoms with van der Waals surface area (Å²) in [6.45, 7) is 5.00. The van der Waals surface area contributed by atoms with Crippen molar-refractivity contribution in [3.63, 3.8) is 0 Å². The Kier molecular flexibility index (Phi) is 21.8. The number of rotatable bonds is 24. The van der Waals surface area contributed by atoms with Gasteiger partial charge in [0, 0.05) is 0 Å². The molecule has 0 aliphatic carbocycles. The van der Waals surface area contributed by atoms with E-state index in [1.54, 1.807) is 12.1 Å². The van der Waals surface area contributed by atoms with Crippen molar-refractivity contribution in [1.29, 1.82) is 0 Å². The summed E-state index contributed by atoms with van der Waals surface area (Å²) >= 11 is 0. The van der Waals surface area contributed by atoms with Crippen molar-refractivity contribution in [3.8, 4) is 11.5 Å². The summed E-state index contributed by atoms with van der Waals surface area (Å²) in [5, 5.41) is 0. The van der Waals surface area contributed by atoms with Crippen LogP contribution in [0.5, 0.6) is 11.5 Å². The molecule has 0 saturated carbocycles. The van der Waals surface area contributed by atoms with Gasteiger partial charge in [-0.1, -0.05) is 115 Å².